The Morgan fingerprint density at radius 1 is 1.25 bits per heavy atom. The van der Waals surface area contributed by atoms with E-state index in [4.69, 9.17) is 9.94 Å². The van der Waals surface area contributed by atoms with Gasteiger partial charge in [-0.3, -0.25) is 10.0 Å². The highest BCUT2D eigenvalue weighted by Crippen LogP contribution is 2.23. The van der Waals surface area contributed by atoms with Crippen LogP contribution < -0.4 is 10.2 Å². The number of nitrogens with zero attached hydrogens (tertiary/aromatic N) is 1. The van der Waals surface area contributed by atoms with E-state index in [-0.39, 0.29) is 11.4 Å². The van der Waals surface area contributed by atoms with Gasteiger partial charge in [-0.2, -0.15) is 0 Å². The summed E-state index contributed by atoms with van der Waals surface area (Å²) in [5.74, 6) is -1.36. The van der Waals surface area contributed by atoms with E-state index in [1.165, 1.54) is 30.3 Å². The van der Waals surface area contributed by atoms with Crippen LogP contribution in [0, 0.1) is 5.82 Å². The Balaban J connectivity index is 1.97. The number of amides is 1. The van der Waals surface area contributed by atoms with Crippen LogP contribution in [0.5, 0.6) is 11.6 Å². The molecule has 0 saturated heterocycles. The van der Waals surface area contributed by atoms with Crippen LogP contribution in [0.1, 0.15) is 48.5 Å². The molecule has 6 heteroatoms. The number of nitrogens with one attached hydrogen (secondary N) is 1. The summed E-state index contributed by atoms with van der Waals surface area (Å²) in [4.78, 5) is 15.0. The van der Waals surface area contributed by atoms with E-state index in [0.29, 0.717) is 5.75 Å². The summed E-state index contributed by atoms with van der Waals surface area (Å²) in [6.07, 6.45) is 6.97. The maximum Gasteiger partial charge on any atom is 0.276 e. The standard InChI is InChI=1S/C18H21FN2O3/c1-2-3-4-5-6-13-7-9-15(10-8-13)24-18-16(19)11-14(12-20-18)17(22)21-23/h7-12,23H,2-6H2,1H3,(H,21,22). The Kier molecular flexibility index (Phi) is 6.69. The number of aromatic nitrogens is 1. The molecule has 0 aliphatic heterocycles. The van der Waals surface area contributed by atoms with Crippen molar-refractivity contribution in [1.82, 2.24) is 10.5 Å². The first kappa shape index (κ1) is 17.9. The van der Waals surface area contributed by atoms with Crippen LogP contribution in [0.3, 0.4) is 0 Å². The number of pyridine rings is 1. The normalized spacial score (nSPS) is 10.5. The number of hydrogen-bond acceptors (Lipinski definition) is 4. The van der Waals surface area contributed by atoms with Crippen molar-refractivity contribution in [3.05, 3.63) is 53.5 Å². The summed E-state index contributed by atoms with van der Waals surface area (Å²) in [5.41, 5.74) is 2.54. The van der Waals surface area contributed by atoms with E-state index in [9.17, 15) is 9.18 Å². The van der Waals surface area contributed by atoms with Crippen LogP contribution in [0.4, 0.5) is 4.39 Å². The highest BCUT2D eigenvalue weighted by Gasteiger charge is 2.12. The highest BCUT2D eigenvalue weighted by atomic mass is 19.1. The Labute approximate surface area is 140 Å². The molecule has 0 unspecified atom stereocenters. The van der Waals surface area contributed by atoms with Crippen molar-refractivity contribution in [3.63, 3.8) is 0 Å². The summed E-state index contributed by atoms with van der Waals surface area (Å²) in [5, 5.41) is 8.52. The molecule has 0 radical (unpaired) electrons. The van der Waals surface area contributed by atoms with Crippen LogP contribution in [0.15, 0.2) is 36.5 Å². The molecule has 1 heterocycles. The van der Waals surface area contributed by atoms with Crippen molar-refractivity contribution in [2.24, 2.45) is 0 Å². The van der Waals surface area contributed by atoms with Crippen molar-refractivity contribution < 1.29 is 19.1 Å². The Morgan fingerprint density at radius 3 is 2.62 bits per heavy atom. The smallest absolute Gasteiger partial charge is 0.276 e. The average Bonchev–Trinajstić information content (AvgIpc) is 2.61. The van der Waals surface area contributed by atoms with Gasteiger partial charge in [0.15, 0.2) is 5.82 Å². The molecule has 1 aromatic carbocycles. The molecule has 0 spiro atoms. The molecule has 0 saturated carbocycles. The number of carbonyl (C=O) groups excluding carboxylic acids is 1. The van der Waals surface area contributed by atoms with Gasteiger partial charge >= 0.3 is 0 Å². The first-order chi connectivity index (χ1) is 11.6. The number of rotatable bonds is 8. The molecule has 2 aromatic rings. The third-order valence-electron chi connectivity index (χ3n) is 3.63. The molecule has 0 aliphatic rings. The zero-order valence-corrected chi connectivity index (χ0v) is 13.6. The lowest BCUT2D eigenvalue weighted by atomic mass is 10.1. The summed E-state index contributed by atoms with van der Waals surface area (Å²) >= 11 is 0. The van der Waals surface area contributed by atoms with Crippen molar-refractivity contribution in [2.45, 2.75) is 39.0 Å². The van der Waals surface area contributed by atoms with Gasteiger partial charge in [-0.15, -0.1) is 0 Å². The molecule has 0 aliphatic carbocycles. The van der Waals surface area contributed by atoms with Crippen molar-refractivity contribution in [2.75, 3.05) is 0 Å². The lowest BCUT2D eigenvalue weighted by Gasteiger charge is -2.08. The van der Waals surface area contributed by atoms with E-state index in [1.807, 2.05) is 12.1 Å². The second-order valence-corrected chi connectivity index (χ2v) is 5.51. The number of aryl methyl sites for hydroxylation is 1. The minimum Gasteiger partial charge on any atom is -0.436 e. The van der Waals surface area contributed by atoms with Crippen molar-refractivity contribution >= 4 is 5.91 Å². The second kappa shape index (κ2) is 8.98. The maximum atomic E-state index is 13.9. The third kappa shape index (κ3) is 5.03. The van der Waals surface area contributed by atoms with Crippen LogP contribution in [-0.4, -0.2) is 16.1 Å². The third-order valence-corrected chi connectivity index (χ3v) is 3.63. The lowest BCUT2D eigenvalue weighted by molar-refractivity contribution is 0.0705. The molecule has 128 valence electrons. The molecule has 1 aromatic heterocycles. The number of ether oxygens (including phenoxy) is 1. The van der Waals surface area contributed by atoms with E-state index in [0.717, 1.165) is 25.1 Å². The summed E-state index contributed by atoms with van der Waals surface area (Å²) < 4.78 is 19.3. The summed E-state index contributed by atoms with van der Waals surface area (Å²) in [6.45, 7) is 2.18. The SMILES string of the molecule is CCCCCCc1ccc(Oc2ncc(C(=O)NO)cc2F)cc1. The van der Waals surface area contributed by atoms with Gasteiger partial charge in [-0.05, 0) is 36.6 Å². The minimum atomic E-state index is -0.833. The Hall–Kier alpha value is -2.47. The first-order valence-electron chi connectivity index (χ1n) is 8.00. The number of carbonyl (C=O) groups is 1. The second-order valence-electron chi connectivity index (χ2n) is 5.51. The molecule has 1 amide bonds. The average molecular weight is 332 g/mol. The van der Waals surface area contributed by atoms with Gasteiger partial charge in [0.2, 0.25) is 0 Å². The molecule has 0 bridgehead atoms. The zero-order valence-electron chi connectivity index (χ0n) is 13.6. The molecule has 2 N–H and O–H groups in total. The van der Waals surface area contributed by atoms with Crippen LogP contribution >= 0.6 is 0 Å². The number of unbranched alkanes of at least 4 members (excludes halogenated alkanes) is 3. The fraction of sp³-hybridized carbons (Fsp3) is 0.333. The summed E-state index contributed by atoms with van der Waals surface area (Å²) in [6, 6.07) is 8.39. The van der Waals surface area contributed by atoms with E-state index in [1.54, 1.807) is 12.1 Å². The maximum absolute atomic E-state index is 13.9. The fourth-order valence-corrected chi connectivity index (χ4v) is 2.28. The topological polar surface area (TPSA) is 71.5 Å². The van der Waals surface area contributed by atoms with E-state index in [2.05, 4.69) is 11.9 Å². The molecular weight excluding hydrogens is 311 g/mol. The van der Waals surface area contributed by atoms with Crippen LogP contribution in [0.25, 0.3) is 0 Å². The van der Waals surface area contributed by atoms with Crippen molar-refractivity contribution in [1.29, 1.82) is 0 Å². The van der Waals surface area contributed by atoms with Crippen LogP contribution in [-0.2, 0) is 6.42 Å². The predicted molar refractivity (Wildman–Crippen MR) is 87.8 cm³/mol. The van der Waals surface area contributed by atoms with E-state index >= 15 is 0 Å². The van der Waals surface area contributed by atoms with Gasteiger partial charge in [0.25, 0.3) is 11.8 Å². The Bertz CT molecular complexity index is 674. The zero-order chi connectivity index (χ0) is 17.4. The molecule has 0 atom stereocenters. The molecule has 2 rings (SSSR count). The number of halogens is 1. The summed E-state index contributed by atoms with van der Waals surface area (Å²) in [7, 11) is 0. The molecule has 0 fully saturated rings. The first-order valence-corrected chi connectivity index (χ1v) is 8.00. The lowest BCUT2D eigenvalue weighted by Crippen LogP contribution is -2.19. The highest BCUT2D eigenvalue weighted by molar-refractivity contribution is 5.93. The number of benzene rings is 1. The number of hydroxylamine groups is 1. The van der Waals surface area contributed by atoms with E-state index < -0.39 is 11.7 Å². The quantitative estimate of drug-likeness (QED) is 0.430. The van der Waals surface area contributed by atoms with Gasteiger partial charge in [0, 0.05) is 6.20 Å². The van der Waals surface area contributed by atoms with Gasteiger partial charge < -0.3 is 4.74 Å². The van der Waals surface area contributed by atoms with Gasteiger partial charge in [0.05, 0.1) is 5.56 Å². The number of hydrogen-bond donors (Lipinski definition) is 2. The van der Waals surface area contributed by atoms with Gasteiger partial charge in [-0.25, -0.2) is 14.9 Å². The predicted octanol–water partition coefficient (Wildman–Crippen LogP) is 4.25. The largest absolute Gasteiger partial charge is 0.436 e. The minimum absolute atomic E-state index is 0.0928. The monoisotopic (exact) mass is 332 g/mol. The van der Waals surface area contributed by atoms with Gasteiger partial charge in [0.1, 0.15) is 5.75 Å². The van der Waals surface area contributed by atoms with Gasteiger partial charge in [-0.1, -0.05) is 38.3 Å². The fourth-order valence-electron chi connectivity index (χ4n) is 2.28. The molecule has 5 nitrogen and oxygen atoms in total. The van der Waals surface area contributed by atoms with Crippen molar-refractivity contribution in [3.8, 4) is 11.6 Å². The van der Waals surface area contributed by atoms with Crippen LogP contribution in [0.2, 0.25) is 0 Å². The molecule has 24 heavy (non-hydrogen) atoms. The Morgan fingerprint density at radius 2 is 2.00 bits per heavy atom. The molecular formula is C18H21FN2O3.